The van der Waals surface area contributed by atoms with Crippen molar-refractivity contribution < 1.29 is 4.79 Å². The summed E-state index contributed by atoms with van der Waals surface area (Å²) in [6.07, 6.45) is 10.0. The number of rotatable bonds is 7. The summed E-state index contributed by atoms with van der Waals surface area (Å²) in [6.45, 7) is 0.718. The molecule has 0 aromatic carbocycles. The highest BCUT2D eigenvalue weighted by molar-refractivity contribution is 7.17. The molecule has 1 aliphatic carbocycles. The minimum absolute atomic E-state index is 0.0519. The summed E-state index contributed by atoms with van der Waals surface area (Å²) in [7, 11) is 1.71. The zero-order chi connectivity index (χ0) is 19.5. The van der Waals surface area contributed by atoms with Crippen LogP contribution in [-0.4, -0.2) is 31.6 Å². The van der Waals surface area contributed by atoms with Crippen molar-refractivity contribution in [1.29, 1.82) is 0 Å². The van der Waals surface area contributed by atoms with E-state index in [1.807, 2.05) is 15.8 Å². The fraction of sp³-hybridized carbons (Fsp3) is 0.500. The Kier molecular flexibility index (Phi) is 5.57. The van der Waals surface area contributed by atoms with Gasteiger partial charge in [0.05, 0.1) is 5.52 Å². The summed E-state index contributed by atoms with van der Waals surface area (Å²) in [5.41, 5.74) is 2.27. The molecule has 4 rings (SSSR count). The second-order valence-electron chi connectivity index (χ2n) is 7.31. The number of fused-ring (bicyclic) bond motifs is 3. The number of hydrogen-bond acceptors (Lipinski definition) is 5. The van der Waals surface area contributed by atoms with Gasteiger partial charge < -0.3 is 5.32 Å². The first kappa shape index (κ1) is 18.9. The lowest BCUT2D eigenvalue weighted by atomic mass is 9.97. The van der Waals surface area contributed by atoms with E-state index < -0.39 is 0 Å². The van der Waals surface area contributed by atoms with Crippen LogP contribution in [0.5, 0.6) is 0 Å². The van der Waals surface area contributed by atoms with Gasteiger partial charge in [0.1, 0.15) is 10.5 Å². The van der Waals surface area contributed by atoms with Crippen molar-refractivity contribution in [2.75, 3.05) is 6.54 Å². The topological polar surface area (TPSA) is 81.3 Å². The van der Waals surface area contributed by atoms with Crippen LogP contribution in [0, 0.1) is 0 Å². The molecule has 0 saturated heterocycles. The van der Waals surface area contributed by atoms with Crippen LogP contribution in [0.4, 0.5) is 0 Å². The monoisotopic (exact) mass is 399 g/mol. The molecule has 0 aliphatic heterocycles. The molecule has 3 aromatic rings. The highest BCUT2D eigenvalue weighted by atomic mass is 32.1. The number of aromatic nitrogens is 4. The number of nitrogens with zero attached hydrogens (tertiary/aromatic N) is 4. The Balaban J connectivity index is 1.35. The van der Waals surface area contributed by atoms with Gasteiger partial charge >= 0.3 is 0 Å². The van der Waals surface area contributed by atoms with Gasteiger partial charge in [0.25, 0.3) is 5.56 Å². The van der Waals surface area contributed by atoms with Crippen molar-refractivity contribution in [3.8, 4) is 0 Å². The number of allylic oxidation sites excluding steroid dienone is 1. The molecule has 28 heavy (non-hydrogen) atoms. The van der Waals surface area contributed by atoms with Gasteiger partial charge in [0.2, 0.25) is 11.7 Å². The number of amides is 1. The molecule has 0 spiro atoms. The highest BCUT2D eigenvalue weighted by Gasteiger charge is 2.15. The standard InChI is InChI=1S/C20H25N5O2S/c1-24-19(27)18-15(11-13-28-18)25-16(22-23-20(24)25)8-5-9-17(26)21-12-10-14-6-3-2-4-7-14/h6,11,13H,2-5,7-10,12H2,1H3,(H,21,26). The number of carbonyl (C=O) groups is 1. The van der Waals surface area contributed by atoms with Crippen molar-refractivity contribution >= 4 is 33.2 Å². The number of thiophene rings is 1. The highest BCUT2D eigenvalue weighted by Crippen LogP contribution is 2.20. The van der Waals surface area contributed by atoms with E-state index in [9.17, 15) is 9.59 Å². The molecule has 0 radical (unpaired) electrons. The van der Waals surface area contributed by atoms with Crippen LogP contribution >= 0.6 is 11.3 Å². The summed E-state index contributed by atoms with van der Waals surface area (Å²) in [5, 5.41) is 13.4. The van der Waals surface area contributed by atoms with Crippen molar-refractivity contribution in [3.05, 3.63) is 39.3 Å². The first-order valence-electron chi connectivity index (χ1n) is 9.90. The second kappa shape index (κ2) is 8.26. The Hall–Kier alpha value is -2.48. The summed E-state index contributed by atoms with van der Waals surface area (Å²) in [4.78, 5) is 24.5. The van der Waals surface area contributed by atoms with Crippen LogP contribution in [0.25, 0.3) is 16.0 Å². The summed E-state index contributed by atoms with van der Waals surface area (Å²) >= 11 is 1.43. The molecule has 3 heterocycles. The van der Waals surface area contributed by atoms with Crippen LogP contribution in [0.15, 0.2) is 27.9 Å². The third-order valence-electron chi connectivity index (χ3n) is 5.35. The Morgan fingerprint density at radius 2 is 2.18 bits per heavy atom. The number of hydrogen-bond donors (Lipinski definition) is 1. The maximum absolute atomic E-state index is 12.4. The maximum Gasteiger partial charge on any atom is 0.272 e. The Morgan fingerprint density at radius 1 is 1.29 bits per heavy atom. The Morgan fingerprint density at radius 3 is 3.00 bits per heavy atom. The molecule has 0 bridgehead atoms. The SMILES string of the molecule is Cn1c(=O)c2sccc2n2c(CCCC(=O)NCCC3=CCCCC3)nnc12. The first-order chi connectivity index (χ1) is 13.6. The van der Waals surface area contributed by atoms with Crippen LogP contribution in [0.1, 0.15) is 50.8 Å². The summed E-state index contributed by atoms with van der Waals surface area (Å²) in [6, 6.07) is 1.92. The van der Waals surface area contributed by atoms with Gasteiger partial charge in [0.15, 0.2) is 0 Å². The minimum atomic E-state index is -0.0519. The fourth-order valence-electron chi connectivity index (χ4n) is 3.80. The molecule has 7 nitrogen and oxygen atoms in total. The van der Waals surface area contributed by atoms with Crippen LogP contribution in [0.2, 0.25) is 0 Å². The van der Waals surface area contributed by atoms with Crippen LogP contribution in [0.3, 0.4) is 0 Å². The maximum atomic E-state index is 12.4. The van der Waals surface area contributed by atoms with Gasteiger partial charge in [0, 0.05) is 26.4 Å². The molecule has 3 aromatic heterocycles. The smallest absolute Gasteiger partial charge is 0.272 e. The van der Waals surface area contributed by atoms with E-state index in [0.29, 0.717) is 29.7 Å². The molecule has 0 fully saturated rings. The molecule has 8 heteroatoms. The van der Waals surface area contributed by atoms with Crippen molar-refractivity contribution in [3.63, 3.8) is 0 Å². The average molecular weight is 400 g/mol. The van der Waals surface area contributed by atoms with Gasteiger partial charge in [-0.15, -0.1) is 21.5 Å². The lowest BCUT2D eigenvalue weighted by Crippen LogP contribution is -2.24. The molecule has 0 atom stereocenters. The van der Waals surface area contributed by atoms with Gasteiger partial charge in [-0.1, -0.05) is 11.6 Å². The second-order valence-corrected chi connectivity index (χ2v) is 8.23. The quantitative estimate of drug-likeness (QED) is 0.619. The predicted molar refractivity (Wildman–Crippen MR) is 111 cm³/mol. The van der Waals surface area contributed by atoms with Gasteiger partial charge in [-0.3, -0.25) is 18.6 Å². The van der Waals surface area contributed by atoms with Crippen molar-refractivity contribution in [2.45, 2.75) is 51.4 Å². The number of carbonyl (C=O) groups excluding carboxylic acids is 1. The van der Waals surface area contributed by atoms with E-state index in [1.54, 1.807) is 7.05 Å². The molecular formula is C20H25N5O2S. The van der Waals surface area contributed by atoms with Crippen molar-refractivity contribution in [2.24, 2.45) is 7.05 Å². The van der Waals surface area contributed by atoms with Gasteiger partial charge in [-0.2, -0.15) is 0 Å². The van der Waals surface area contributed by atoms with Crippen molar-refractivity contribution in [1.82, 2.24) is 24.5 Å². The van der Waals surface area contributed by atoms with E-state index in [2.05, 4.69) is 21.6 Å². The molecule has 1 aliphatic rings. The lowest BCUT2D eigenvalue weighted by Gasteiger charge is -2.12. The normalized spacial score (nSPS) is 14.5. The van der Waals surface area contributed by atoms with Crippen LogP contribution < -0.4 is 10.9 Å². The molecule has 0 saturated carbocycles. The zero-order valence-electron chi connectivity index (χ0n) is 16.1. The summed E-state index contributed by atoms with van der Waals surface area (Å²) < 4.78 is 4.16. The third-order valence-corrected chi connectivity index (χ3v) is 6.25. The molecular weight excluding hydrogens is 374 g/mol. The molecule has 0 unspecified atom stereocenters. The fourth-order valence-corrected chi connectivity index (χ4v) is 4.66. The van der Waals surface area contributed by atoms with E-state index in [-0.39, 0.29) is 11.5 Å². The van der Waals surface area contributed by atoms with E-state index >= 15 is 0 Å². The lowest BCUT2D eigenvalue weighted by molar-refractivity contribution is -0.121. The zero-order valence-corrected chi connectivity index (χ0v) is 16.9. The van der Waals surface area contributed by atoms with Crippen LogP contribution in [-0.2, 0) is 18.3 Å². The molecule has 1 N–H and O–H groups in total. The third kappa shape index (κ3) is 3.73. The minimum Gasteiger partial charge on any atom is -0.356 e. The van der Waals surface area contributed by atoms with Gasteiger partial charge in [-0.25, -0.2) is 0 Å². The van der Waals surface area contributed by atoms with Gasteiger partial charge in [-0.05, 0) is 50.0 Å². The molecule has 1 amide bonds. The summed E-state index contributed by atoms with van der Waals surface area (Å²) in [5.74, 6) is 1.41. The van der Waals surface area contributed by atoms with E-state index in [1.165, 1.54) is 47.2 Å². The Labute approximate surface area is 167 Å². The predicted octanol–water partition coefficient (Wildman–Crippen LogP) is 2.97. The van der Waals surface area contributed by atoms with E-state index in [0.717, 1.165) is 24.3 Å². The molecule has 148 valence electrons. The first-order valence-corrected chi connectivity index (χ1v) is 10.8. The number of aryl methyl sites for hydroxylation is 2. The average Bonchev–Trinajstić information content (AvgIpc) is 3.34. The van der Waals surface area contributed by atoms with E-state index in [4.69, 9.17) is 0 Å². The largest absolute Gasteiger partial charge is 0.356 e. The number of nitrogens with one attached hydrogen (secondary N) is 1. The Bertz CT molecular complexity index is 1090.